The molecule has 0 rings (SSSR count). The van der Waals surface area contributed by atoms with Crippen LogP contribution in [0.5, 0.6) is 0 Å². The average Bonchev–Trinajstić information content (AvgIpc) is 2.02. The van der Waals surface area contributed by atoms with Gasteiger partial charge in [0.15, 0.2) is 0 Å². The van der Waals surface area contributed by atoms with Gasteiger partial charge in [0.1, 0.15) is 0 Å². The topological polar surface area (TPSA) is 52.3 Å². The van der Waals surface area contributed by atoms with Gasteiger partial charge >= 0.3 is 5.97 Å². The monoisotopic (exact) mass is 205 g/mol. The molecule has 0 amide bonds. The van der Waals surface area contributed by atoms with E-state index < -0.39 is 0 Å². The predicted molar refractivity (Wildman–Crippen MR) is 56.8 cm³/mol. The fourth-order valence-corrected chi connectivity index (χ4v) is 1.73. The van der Waals surface area contributed by atoms with Crippen LogP contribution < -0.4 is 5.73 Å². The molecule has 1 unspecified atom stereocenters. The molecular weight excluding hydrogens is 186 g/mol. The second-order valence-corrected chi connectivity index (χ2v) is 5.09. The molecule has 78 valence electrons. The zero-order valence-electron chi connectivity index (χ0n) is 8.79. The van der Waals surface area contributed by atoms with Crippen LogP contribution in [0.25, 0.3) is 0 Å². The molecular formula is C9H19NO2S. The van der Waals surface area contributed by atoms with Gasteiger partial charge in [-0.05, 0) is 5.41 Å². The van der Waals surface area contributed by atoms with Crippen molar-refractivity contribution < 1.29 is 9.53 Å². The Morgan fingerprint density at radius 1 is 1.54 bits per heavy atom. The van der Waals surface area contributed by atoms with E-state index in [1.807, 2.05) is 0 Å². The van der Waals surface area contributed by atoms with Gasteiger partial charge in [-0.2, -0.15) is 0 Å². The molecule has 0 saturated heterocycles. The molecule has 0 radical (unpaired) electrons. The van der Waals surface area contributed by atoms with Crippen molar-refractivity contribution in [1.29, 1.82) is 0 Å². The van der Waals surface area contributed by atoms with Crippen molar-refractivity contribution in [2.45, 2.75) is 26.8 Å². The third-order valence-electron chi connectivity index (χ3n) is 1.86. The highest BCUT2D eigenvalue weighted by Gasteiger charge is 2.20. The molecule has 0 spiro atoms. The maximum Gasteiger partial charge on any atom is 0.315 e. The van der Waals surface area contributed by atoms with E-state index in [2.05, 4.69) is 25.5 Å². The maximum atomic E-state index is 10.8. The van der Waals surface area contributed by atoms with Crippen LogP contribution in [0.15, 0.2) is 0 Å². The Hall–Kier alpha value is -0.220. The third kappa shape index (κ3) is 5.93. The Morgan fingerprint density at radius 3 is 2.46 bits per heavy atom. The van der Waals surface area contributed by atoms with E-state index in [1.165, 1.54) is 18.9 Å². The lowest BCUT2D eigenvalue weighted by molar-refractivity contribution is -0.137. The SMILES string of the molecule is COC(=O)CSCC(N)C(C)(C)C. The van der Waals surface area contributed by atoms with E-state index >= 15 is 0 Å². The number of hydrogen-bond donors (Lipinski definition) is 1. The quantitative estimate of drug-likeness (QED) is 0.702. The first-order valence-corrected chi connectivity index (χ1v) is 5.43. The summed E-state index contributed by atoms with van der Waals surface area (Å²) >= 11 is 1.52. The Labute approximate surface area is 84.4 Å². The van der Waals surface area contributed by atoms with Gasteiger partial charge in [0.25, 0.3) is 0 Å². The minimum atomic E-state index is -0.189. The first kappa shape index (κ1) is 12.8. The van der Waals surface area contributed by atoms with Crippen LogP contribution in [0.1, 0.15) is 20.8 Å². The second kappa shape index (κ2) is 5.50. The molecule has 0 saturated carbocycles. The summed E-state index contributed by atoms with van der Waals surface area (Å²) in [6.45, 7) is 6.28. The zero-order chi connectivity index (χ0) is 10.5. The van der Waals surface area contributed by atoms with Crippen LogP contribution in [0.3, 0.4) is 0 Å². The lowest BCUT2D eigenvalue weighted by Crippen LogP contribution is -2.37. The zero-order valence-corrected chi connectivity index (χ0v) is 9.61. The number of carbonyl (C=O) groups excluding carboxylic acids is 1. The highest BCUT2D eigenvalue weighted by Crippen LogP contribution is 2.20. The summed E-state index contributed by atoms with van der Waals surface area (Å²) in [5.41, 5.74) is 6.01. The molecule has 0 aliphatic heterocycles. The Bertz CT molecular complexity index is 165. The fraction of sp³-hybridized carbons (Fsp3) is 0.889. The van der Waals surface area contributed by atoms with Gasteiger partial charge < -0.3 is 10.5 Å². The van der Waals surface area contributed by atoms with E-state index in [1.54, 1.807) is 0 Å². The van der Waals surface area contributed by atoms with Crippen molar-refractivity contribution >= 4 is 17.7 Å². The number of carbonyl (C=O) groups is 1. The molecule has 0 aromatic rings. The number of rotatable bonds is 4. The van der Waals surface area contributed by atoms with Gasteiger partial charge in [-0.1, -0.05) is 20.8 Å². The largest absolute Gasteiger partial charge is 0.468 e. The minimum Gasteiger partial charge on any atom is -0.468 e. The Balaban J connectivity index is 3.60. The summed E-state index contributed by atoms with van der Waals surface area (Å²) in [6, 6.07) is 0.113. The third-order valence-corrected chi connectivity index (χ3v) is 2.89. The molecule has 1 atom stereocenters. The first-order chi connectivity index (χ1) is 5.88. The fourth-order valence-electron chi connectivity index (χ4n) is 0.578. The van der Waals surface area contributed by atoms with Crippen molar-refractivity contribution in [3.63, 3.8) is 0 Å². The average molecular weight is 205 g/mol. The van der Waals surface area contributed by atoms with Crippen molar-refractivity contribution in [1.82, 2.24) is 0 Å². The predicted octanol–water partition coefficient (Wildman–Crippen LogP) is 1.27. The summed E-state index contributed by atoms with van der Waals surface area (Å²) in [7, 11) is 1.40. The highest BCUT2D eigenvalue weighted by atomic mass is 32.2. The van der Waals surface area contributed by atoms with Crippen molar-refractivity contribution in [3.05, 3.63) is 0 Å². The summed E-state index contributed by atoms with van der Waals surface area (Å²) < 4.78 is 4.52. The van der Waals surface area contributed by atoms with E-state index in [4.69, 9.17) is 5.73 Å². The number of hydrogen-bond acceptors (Lipinski definition) is 4. The summed E-state index contributed by atoms with van der Waals surface area (Å²) in [5, 5.41) is 0. The van der Waals surface area contributed by atoms with Gasteiger partial charge in [0.2, 0.25) is 0 Å². The maximum absolute atomic E-state index is 10.8. The number of nitrogens with two attached hydrogens (primary N) is 1. The molecule has 3 nitrogen and oxygen atoms in total. The highest BCUT2D eigenvalue weighted by molar-refractivity contribution is 7.99. The van der Waals surface area contributed by atoms with Crippen LogP contribution in [0.4, 0.5) is 0 Å². The van der Waals surface area contributed by atoms with Crippen LogP contribution in [0, 0.1) is 5.41 Å². The standard InChI is InChI=1S/C9H19NO2S/c1-9(2,3)7(10)5-13-6-8(11)12-4/h7H,5-6,10H2,1-4H3. The van der Waals surface area contributed by atoms with Gasteiger partial charge in [0.05, 0.1) is 12.9 Å². The number of ether oxygens (including phenoxy) is 1. The Morgan fingerprint density at radius 2 is 2.08 bits per heavy atom. The van der Waals surface area contributed by atoms with Crippen molar-refractivity contribution in [3.8, 4) is 0 Å². The Kier molecular flexibility index (Phi) is 5.40. The molecule has 0 bridgehead atoms. The molecule has 4 heteroatoms. The van der Waals surface area contributed by atoms with Gasteiger partial charge in [-0.25, -0.2) is 0 Å². The number of methoxy groups -OCH3 is 1. The van der Waals surface area contributed by atoms with Gasteiger partial charge in [-0.15, -0.1) is 11.8 Å². The van der Waals surface area contributed by atoms with E-state index in [-0.39, 0.29) is 17.4 Å². The van der Waals surface area contributed by atoms with Crippen LogP contribution in [0.2, 0.25) is 0 Å². The van der Waals surface area contributed by atoms with Crippen molar-refractivity contribution in [2.75, 3.05) is 18.6 Å². The molecule has 0 fully saturated rings. The molecule has 2 N–H and O–H groups in total. The van der Waals surface area contributed by atoms with Crippen LogP contribution >= 0.6 is 11.8 Å². The van der Waals surface area contributed by atoms with Gasteiger partial charge in [0, 0.05) is 11.8 Å². The summed E-state index contributed by atoms with van der Waals surface area (Å²) in [6.07, 6.45) is 0. The smallest absolute Gasteiger partial charge is 0.315 e. The molecule has 0 aromatic carbocycles. The van der Waals surface area contributed by atoms with E-state index in [9.17, 15) is 4.79 Å². The molecule has 0 heterocycles. The molecule has 0 aromatic heterocycles. The van der Waals surface area contributed by atoms with Crippen LogP contribution in [-0.4, -0.2) is 30.6 Å². The minimum absolute atomic E-state index is 0.100. The van der Waals surface area contributed by atoms with E-state index in [0.717, 1.165) is 5.75 Å². The molecule has 13 heavy (non-hydrogen) atoms. The normalized spacial score (nSPS) is 13.9. The first-order valence-electron chi connectivity index (χ1n) is 4.28. The van der Waals surface area contributed by atoms with E-state index in [0.29, 0.717) is 5.75 Å². The molecule has 0 aliphatic rings. The summed E-state index contributed by atoms with van der Waals surface area (Å²) in [5.74, 6) is 0.991. The van der Waals surface area contributed by atoms with Crippen molar-refractivity contribution in [2.24, 2.45) is 11.1 Å². The number of esters is 1. The summed E-state index contributed by atoms with van der Waals surface area (Å²) in [4.78, 5) is 10.8. The lowest BCUT2D eigenvalue weighted by atomic mass is 9.89. The van der Waals surface area contributed by atoms with Gasteiger partial charge in [-0.3, -0.25) is 4.79 Å². The lowest BCUT2D eigenvalue weighted by Gasteiger charge is -2.26. The van der Waals surface area contributed by atoms with Crippen LogP contribution in [-0.2, 0) is 9.53 Å². The molecule has 0 aliphatic carbocycles. The second-order valence-electron chi connectivity index (χ2n) is 4.06. The number of thioether (sulfide) groups is 1.